The van der Waals surface area contributed by atoms with E-state index in [1.54, 1.807) is 0 Å². The van der Waals surface area contributed by atoms with E-state index in [0.29, 0.717) is 0 Å². The van der Waals surface area contributed by atoms with Crippen molar-refractivity contribution >= 4 is 140 Å². The summed E-state index contributed by atoms with van der Waals surface area (Å²) in [7, 11) is -20.7. The Morgan fingerprint density at radius 3 is 0.360 bits per heavy atom. The quantitative estimate of drug-likeness (QED) is 0.149. The second-order valence-corrected chi connectivity index (χ2v) is 4.90. The van der Waals surface area contributed by atoms with Crippen LogP contribution in [0.15, 0.2) is 0 Å². The molecule has 0 unspecified atom stereocenters. The van der Waals surface area contributed by atoms with Crippen LogP contribution in [0.25, 0.3) is 0 Å². The van der Waals surface area contributed by atoms with Crippen LogP contribution in [0.5, 0.6) is 0 Å². The molecule has 0 saturated heterocycles. The van der Waals surface area contributed by atoms with Crippen molar-refractivity contribution in [2.75, 3.05) is 0 Å². The van der Waals surface area contributed by atoms with E-state index in [-0.39, 0.29) is 201 Å². The average Bonchev–Trinajstić information content (AvgIpc) is 1.62. The third-order valence-corrected chi connectivity index (χ3v) is 0. The van der Waals surface area contributed by atoms with E-state index in [1.165, 1.54) is 0 Å². The Bertz CT molecular complexity index is 493. The Labute approximate surface area is 304 Å². The van der Waals surface area contributed by atoms with Crippen LogP contribution in [0, 0.1) is 0 Å². The van der Waals surface area contributed by atoms with E-state index < -0.39 is 41.6 Å². The molecule has 0 aromatic carbocycles. The van der Waals surface area contributed by atoms with Gasteiger partial charge in [-0.3, -0.25) is 33.7 Å². The summed E-state index contributed by atoms with van der Waals surface area (Å²) in [6.45, 7) is 0. The smallest absolute Gasteiger partial charge is 0.759 e. The Morgan fingerprint density at radius 2 is 0.360 bits per heavy atom. The van der Waals surface area contributed by atoms with Crippen LogP contribution in [0.3, 0.4) is 0 Å². The Balaban J connectivity index is -0.0000000183. The summed E-state index contributed by atoms with van der Waals surface area (Å²) in [5, 5.41) is 0. The van der Waals surface area contributed by atoms with Gasteiger partial charge in [-0.15, -0.1) is 0 Å². The third-order valence-electron chi connectivity index (χ3n) is 0. The van der Waals surface area contributed by atoms with Crippen LogP contribution in [0.2, 0.25) is 0 Å². The topological polar surface area (TPSA) is 321 Å². The molecular weight excluding hydrogens is 567 g/mol. The molecule has 0 aliphatic heterocycles. The molecule has 0 N–H and O–H groups in total. The van der Waals surface area contributed by atoms with E-state index >= 15 is 0 Å². The van der Waals surface area contributed by atoms with Crippen LogP contribution >= 0.6 is 0 Å². The van der Waals surface area contributed by atoms with E-state index in [0.717, 1.165) is 0 Å². The zero-order valence-electron chi connectivity index (χ0n) is 12.3. The summed E-state index contributed by atoms with van der Waals surface area (Å²) < 4.78 is 136. The first-order valence-corrected chi connectivity index (χ1v) is 8.00. The van der Waals surface area contributed by atoms with Gasteiger partial charge in [0, 0.05) is 41.6 Å². The number of hydrogen-bond acceptors (Lipinski definition) is 16. The Morgan fingerprint density at radius 1 is 0.360 bits per heavy atom. The fraction of sp³-hybridized carbons (Fsp3) is 0. The molecule has 0 amide bonds. The first-order valence-electron chi connectivity index (χ1n) is 2.67. The van der Waals surface area contributed by atoms with Crippen molar-refractivity contribution in [3.05, 3.63) is 0 Å². The molecule has 0 rings (SSSR count). The largest absolute Gasteiger partial charge is 2.00 e. The zero-order valence-corrected chi connectivity index (χ0v) is 27.6. The second-order valence-electron chi connectivity index (χ2n) is 1.63. The maximum atomic E-state index is 8.52. The fourth-order valence-corrected chi connectivity index (χ4v) is 0. The molecule has 0 aliphatic rings. The third kappa shape index (κ3) is 648. The summed E-state index contributed by atoms with van der Waals surface area (Å²) in [6.07, 6.45) is 0. The van der Waals surface area contributed by atoms with Gasteiger partial charge in [0.25, 0.3) is 0 Å². The maximum Gasteiger partial charge on any atom is 2.00 e. The molecule has 0 bridgehead atoms. The minimum absolute atomic E-state index is 0. The van der Waals surface area contributed by atoms with Gasteiger partial charge >= 0.3 is 201 Å². The predicted octanol–water partition coefficient (Wildman–Crippen LogP) is -12.5. The summed E-state index contributed by atoms with van der Waals surface area (Å²) in [5.74, 6) is 0. The van der Waals surface area contributed by atoms with Gasteiger partial charge in [0.1, 0.15) is 0 Å². The molecule has 25 heavy (non-hydrogen) atoms. The van der Waals surface area contributed by atoms with Crippen LogP contribution < -0.4 is 103 Å². The first kappa shape index (κ1) is 57.7. The first-order chi connectivity index (χ1) is 8.00. The van der Waals surface area contributed by atoms with Crippen molar-refractivity contribution in [3.8, 4) is 0 Å². The minimum Gasteiger partial charge on any atom is -0.759 e. The maximum absolute atomic E-state index is 8.52. The van der Waals surface area contributed by atoms with Gasteiger partial charge in [-0.2, -0.15) is 0 Å². The minimum atomic E-state index is -5.17. The molecular formula is Ca2K2MgO16S4. The van der Waals surface area contributed by atoms with Crippen LogP contribution in [0.1, 0.15) is 0 Å². The van der Waals surface area contributed by atoms with Crippen LogP contribution in [-0.4, -0.2) is 169 Å². The second kappa shape index (κ2) is 28.1. The normalized spacial score (nSPS) is 9.28. The van der Waals surface area contributed by atoms with Gasteiger partial charge in [-0.05, 0) is 0 Å². The molecule has 0 radical (unpaired) electrons. The van der Waals surface area contributed by atoms with Gasteiger partial charge < -0.3 is 36.4 Å². The zero-order chi connectivity index (χ0) is 18.0. The molecule has 25 heteroatoms. The molecule has 0 atom stereocenters. The number of hydrogen-bond donors (Lipinski definition) is 0. The predicted molar refractivity (Wildman–Crippen MR) is 59.2 cm³/mol. The monoisotopic (exact) mass is 566 g/mol. The molecule has 0 aromatic heterocycles. The van der Waals surface area contributed by atoms with Crippen molar-refractivity contribution in [1.82, 2.24) is 0 Å². The van der Waals surface area contributed by atoms with Gasteiger partial charge in [0.05, 0.1) is 0 Å². The van der Waals surface area contributed by atoms with Crippen molar-refractivity contribution in [1.29, 1.82) is 0 Å². The number of rotatable bonds is 0. The van der Waals surface area contributed by atoms with E-state index in [4.69, 9.17) is 70.1 Å². The van der Waals surface area contributed by atoms with Gasteiger partial charge in [0.15, 0.2) is 0 Å². The van der Waals surface area contributed by atoms with E-state index in [1.807, 2.05) is 0 Å². The van der Waals surface area contributed by atoms with Crippen LogP contribution in [0.4, 0.5) is 0 Å². The molecule has 0 aromatic rings. The Kier molecular flexibility index (Phi) is 64.7. The van der Waals surface area contributed by atoms with Crippen molar-refractivity contribution < 1.29 is 173 Å². The Hall–Kier alpha value is 6.04. The summed E-state index contributed by atoms with van der Waals surface area (Å²) >= 11 is 0. The van der Waals surface area contributed by atoms with E-state index in [2.05, 4.69) is 0 Å². The molecule has 0 saturated carbocycles. The molecule has 0 heterocycles. The van der Waals surface area contributed by atoms with Crippen molar-refractivity contribution in [2.24, 2.45) is 0 Å². The summed E-state index contributed by atoms with van der Waals surface area (Å²) in [5.41, 5.74) is 0. The van der Waals surface area contributed by atoms with Gasteiger partial charge in [-0.25, -0.2) is 0 Å². The molecule has 0 fully saturated rings. The van der Waals surface area contributed by atoms with Gasteiger partial charge in [0.2, 0.25) is 0 Å². The van der Waals surface area contributed by atoms with Crippen LogP contribution in [-0.2, 0) is 41.6 Å². The molecule has 128 valence electrons. The summed E-state index contributed by atoms with van der Waals surface area (Å²) in [6, 6.07) is 0. The standard InChI is InChI=1S/2Ca.2K.Mg.4H2O4S/c;;;;;4*1-5(2,3)4/h;;;;;4*(H2,1,2,3,4)/q2*+2;2*+1;+2;;;;/p-8. The SMILES string of the molecule is O=S(=O)([O-])[O-].O=S(=O)([O-])[O-].O=S(=O)([O-])[O-].O=S(=O)([O-])[O-].[Ca+2].[Ca+2].[K+].[K+].[Mg+2]. The average molecular weight is 567 g/mol. The fourth-order valence-electron chi connectivity index (χ4n) is 0. The van der Waals surface area contributed by atoms with E-state index in [9.17, 15) is 0 Å². The molecule has 0 spiro atoms. The molecule has 16 nitrogen and oxygen atoms in total. The summed E-state index contributed by atoms with van der Waals surface area (Å²) in [4.78, 5) is 0. The van der Waals surface area contributed by atoms with Crippen molar-refractivity contribution in [2.45, 2.75) is 0 Å². The van der Waals surface area contributed by atoms with Gasteiger partial charge in [-0.1, -0.05) is 0 Å². The van der Waals surface area contributed by atoms with Crippen molar-refractivity contribution in [3.63, 3.8) is 0 Å². The molecule has 0 aliphatic carbocycles.